The van der Waals surface area contributed by atoms with Crippen molar-refractivity contribution in [3.8, 4) is 5.75 Å². The van der Waals surface area contributed by atoms with Crippen LogP contribution in [0.2, 0.25) is 10.0 Å². The van der Waals surface area contributed by atoms with Crippen molar-refractivity contribution < 1.29 is 17.9 Å². The van der Waals surface area contributed by atoms with E-state index < -0.39 is 15.9 Å². The van der Waals surface area contributed by atoms with E-state index in [0.717, 1.165) is 21.9 Å². The van der Waals surface area contributed by atoms with Crippen molar-refractivity contribution in [3.05, 3.63) is 58.1 Å². The highest BCUT2D eigenvalue weighted by atomic mass is 35.5. The van der Waals surface area contributed by atoms with Crippen molar-refractivity contribution in [1.82, 2.24) is 5.32 Å². The van der Waals surface area contributed by atoms with Gasteiger partial charge in [0.05, 0.1) is 28.6 Å². The predicted octanol–water partition coefficient (Wildman–Crippen LogP) is 3.47. The zero-order chi connectivity index (χ0) is 20.0. The Morgan fingerprint density at radius 1 is 1.11 bits per heavy atom. The van der Waals surface area contributed by atoms with E-state index in [1.165, 1.54) is 18.2 Å². The summed E-state index contributed by atoms with van der Waals surface area (Å²) in [4.78, 5) is 12.3. The van der Waals surface area contributed by atoms with Gasteiger partial charge in [-0.3, -0.25) is 9.10 Å². The van der Waals surface area contributed by atoms with Crippen LogP contribution >= 0.6 is 23.2 Å². The number of amides is 1. The Kier molecular flexibility index (Phi) is 7.35. The highest BCUT2D eigenvalue weighted by Crippen LogP contribution is 2.28. The van der Waals surface area contributed by atoms with E-state index in [9.17, 15) is 13.2 Å². The number of ether oxygens (including phenoxy) is 1. The number of hydrogen-bond acceptors (Lipinski definition) is 4. The van der Waals surface area contributed by atoms with Gasteiger partial charge in [-0.25, -0.2) is 8.42 Å². The summed E-state index contributed by atoms with van der Waals surface area (Å²) in [5.74, 6) is 0.302. The van der Waals surface area contributed by atoms with Gasteiger partial charge in [-0.15, -0.1) is 0 Å². The molecule has 0 unspecified atom stereocenters. The maximum Gasteiger partial charge on any atom is 0.241 e. The predicted molar refractivity (Wildman–Crippen MR) is 108 cm³/mol. The highest BCUT2D eigenvalue weighted by molar-refractivity contribution is 7.92. The van der Waals surface area contributed by atoms with Crippen LogP contribution in [-0.4, -0.2) is 33.7 Å². The summed E-state index contributed by atoms with van der Waals surface area (Å²) < 4.78 is 30.5. The Labute approximate surface area is 169 Å². The molecule has 0 aliphatic heterocycles. The minimum atomic E-state index is -3.68. The summed E-state index contributed by atoms with van der Waals surface area (Å²) in [6, 6.07) is 11.7. The number of carbonyl (C=O) groups excluding carboxylic acids is 1. The van der Waals surface area contributed by atoms with Gasteiger partial charge in [0, 0.05) is 6.54 Å². The van der Waals surface area contributed by atoms with Gasteiger partial charge in [0.1, 0.15) is 12.3 Å². The minimum Gasteiger partial charge on any atom is -0.494 e. The van der Waals surface area contributed by atoms with Crippen LogP contribution in [-0.2, 0) is 21.4 Å². The molecule has 2 rings (SSSR count). The maximum absolute atomic E-state index is 12.3. The maximum atomic E-state index is 12.3. The van der Waals surface area contributed by atoms with Gasteiger partial charge in [0.25, 0.3) is 0 Å². The van der Waals surface area contributed by atoms with Gasteiger partial charge in [-0.05, 0) is 42.8 Å². The molecule has 0 aliphatic rings. The van der Waals surface area contributed by atoms with Crippen LogP contribution in [0.1, 0.15) is 12.5 Å². The highest BCUT2D eigenvalue weighted by Gasteiger charge is 2.21. The first-order chi connectivity index (χ1) is 12.7. The van der Waals surface area contributed by atoms with Crippen molar-refractivity contribution in [1.29, 1.82) is 0 Å². The van der Waals surface area contributed by atoms with Crippen molar-refractivity contribution >= 4 is 44.8 Å². The molecule has 0 bridgehead atoms. The molecule has 27 heavy (non-hydrogen) atoms. The van der Waals surface area contributed by atoms with Crippen LogP contribution in [0.25, 0.3) is 0 Å². The lowest BCUT2D eigenvalue weighted by molar-refractivity contribution is -0.119. The average molecular weight is 431 g/mol. The van der Waals surface area contributed by atoms with Gasteiger partial charge in [-0.1, -0.05) is 35.3 Å². The van der Waals surface area contributed by atoms with Gasteiger partial charge >= 0.3 is 0 Å². The third-order valence-corrected chi connectivity index (χ3v) is 5.48. The topological polar surface area (TPSA) is 75.7 Å². The van der Waals surface area contributed by atoms with Crippen molar-refractivity contribution in [2.24, 2.45) is 0 Å². The van der Waals surface area contributed by atoms with E-state index in [0.29, 0.717) is 11.6 Å². The second kappa shape index (κ2) is 9.30. The summed E-state index contributed by atoms with van der Waals surface area (Å²) in [5, 5.41) is 3.21. The molecule has 9 heteroatoms. The summed E-state index contributed by atoms with van der Waals surface area (Å²) >= 11 is 11.8. The van der Waals surface area contributed by atoms with E-state index in [-0.39, 0.29) is 23.8 Å². The number of nitrogens with zero attached hydrogens (tertiary/aromatic N) is 1. The van der Waals surface area contributed by atoms with Gasteiger partial charge in [0.15, 0.2) is 0 Å². The second-order valence-corrected chi connectivity index (χ2v) is 8.44. The molecule has 2 aromatic carbocycles. The van der Waals surface area contributed by atoms with Gasteiger partial charge in [0.2, 0.25) is 15.9 Å². The lowest BCUT2D eigenvalue weighted by Gasteiger charge is -2.22. The normalized spacial score (nSPS) is 11.1. The van der Waals surface area contributed by atoms with Crippen LogP contribution < -0.4 is 14.4 Å². The first-order valence-electron chi connectivity index (χ1n) is 8.12. The van der Waals surface area contributed by atoms with Crippen molar-refractivity contribution in [3.63, 3.8) is 0 Å². The molecule has 0 heterocycles. The lowest BCUT2D eigenvalue weighted by atomic mass is 10.2. The molecule has 0 radical (unpaired) electrons. The molecule has 6 nitrogen and oxygen atoms in total. The lowest BCUT2D eigenvalue weighted by Crippen LogP contribution is -2.40. The Bertz CT molecular complexity index is 902. The molecular formula is C18H20Cl2N2O4S. The SMILES string of the molecule is CCOc1ccc(CNC(=O)CN(c2ccc(Cl)c(Cl)c2)S(C)(=O)=O)cc1. The number of nitrogens with one attached hydrogen (secondary N) is 1. The van der Waals surface area contributed by atoms with Crippen LogP contribution in [0.15, 0.2) is 42.5 Å². The minimum absolute atomic E-state index is 0.206. The Hall–Kier alpha value is -1.96. The quantitative estimate of drug-likeness (QED) is 0.695. The van der Waals surface area contributed by atoms with Gasteiger partial charge in [-0.2, -0.15) is 0 Å². The van der Waals surface area contributed by atoms with Crippen LogP contribution in [0.3, 0.4) is 0 Å². The van der Waals surface area contributed by atoms with E-state index in [4.69, 9.17) is 27.9 Å². The van der Waals surface area contributed by atoms with Crippen molar-refractivity contribution in [2.75, 3.05) is 23.7 Å². The fraction of sp³-hybridized carbons (Fsp3) is 0.278. The monoisotopic (exact) mass is 430 g/mol. The molecule has 2 aromatic rings. The largest absolute Gasteiger partial charge is 0.494 e. The Balaban J connectivity index is 2.04. The number of hydrogen-bond donors (Lipinski definition) is 1. The van der Waals surface area contributed by atoms with Gasteiger partial charge < -0.3 is 10.1 Å². The average Bonchev–Trinajstić information content (AvgIpc) is 2.61. The molecule has 0 atom stereocenters. The number of benzene rings is 2. The van der Waals surface area contributed by atoms with Crippen molar-refractivity contribution in [2.45, 2.75) is 13.5 Å². The molecule has 0 aliphatic carbocycles. The second-order valence-electron chi connectivity index (χ2n) is 5.72. The van der Waals surface area contributed by atoms with Crippen LogP contribution in [0, 0.1) is 0 Å². The zero-order valence-electron chi connectivity index (χ0n) is 14.9. The number of anilines is 1. The summed E-state index contributed by atoms with van der Waals surface area (Å²) in [6.07, 6.45) is 1.02. The molecule has 146 valence electrons. The number of carbonyl (C=O) groups is 1. The Morgan fingerprint density at radius 3 is 2.33 bits per heavy atom. The number of halogens is 2. The molecule has 0 saturated carbocycles. The summed E-state index contributed by atoms with van der Waals surface area (Å²) in [5.41, 5.74) is 1.13. The molecular weight excluding hydrogens is 411 g/mol. The first kappa shape index (κ1) is 21.3. The fourth-order valence-corrected chi connectivity index (χ4v) is 3.44. The van der Waals surface area contributed by atoms with E-state index in [2.05, 4.69) is 5.32 Å². The fourth-order valence-electron chi connectivity index (χ4n) is 2.30. The molecule has 0 aromatic heterocycles. The smallest absolute Gasteiger partial charge is 0.241 e. The zero-order valence-corrected chi connectivity index (χ0v) is 17.2. The molecule has 0 fully saturated rings. The third kappa shape index (κ3) is 6.30. The number of rotatable bonds is 8. The molecule has 0 saturated heterocycles. The van der Waals surface area contributed by atoms with E-state index in [1.54, 1.807) is 0 Å². The third-order valence-electron chi connectivity index (χ3n) is 3.60. The Morgan fingerprint density at radius 2 is 1.78 bits per heavy atom. The molecule has 1 amide bonds. The first-order valence-corrected chi connectivity index (χ1v) is 10.7. The number of sulfonamides is 1. The summed E-state index contributed by atoms with van der Waals surface area (Å²) in [7, 11) is -3.68. The molecule has 1 N–H and O–H groups in total. The standard InChI is InChI=1S/C18H20Cl2N2O4S/c1-3-26-15-7-4-13(5-8-15)11-21-18(23)12-22(27(2,24)25)14-6-9-16(19)17(20)10-14/h4-10H,3,11-12H2,1-2H3,(H,21,23). The van der Waals surface area contributed by atoms with E-state index in [1.807, 2.05) is 31.2 Å². The van der Waals surface area contributed by atoms with E-state index >= 15 is 0 Å². The van der Waals surface area contributed by atoms with Crippen LogP contribution in [0.4, 0.5) is 5.69 Å². The van der Waals surface area contributed by atoms with Crippen LogP contribution in [0.5, 0.6) is 5.75 Å². The molecule has 0 spiro atoms. The summed E-state index contributed by atoms with van der Waals surface area (Å²) in [6.45, 7) is 2.37.